The molecular weight excluding hydrogens is 242 g/mol. The molecule has 0 fully saturated rings. The predicted molar refractivity (Wildman–Crippen MR) is 77.4 cm³/mol. The number of hydrogen-bond donors (Lipinski definition) is 1. The molecule has 4 nitrogen and oxygen atoms in total. The summed E-state index contributed by atoms with van der Waals surface area (Å²) in [7, 11) is 6.90. The van der Waals surface area contributed by atoms with Crippen LogP contribution in [0.15, 0.2) is 12.1 Å². The van der Waals surface area contributed by atoms with Gasteiger partial charge in [0.25, 0.3) is 0 Å². The van der Waals surface area contributed by atoms with Crippen molar-refractivity contribution in [3.8, 4) is 17.2 Å². The van der Waals surface area contributed by atoms with Gasteiger partial charge in [-0.1, -0.05) is 13.8 Å². The molecule has 0 aromatic heterocycles. The molecule has 0 radical (unpaired) electrons. The van der Waals surface area contributed by atoms with Crippen LogP contribution in [0.25, 0.3) is 0 Å². The molecule has 1 aromatic carbocycles. The second-order valence-corrected chi connectivity index (χ2v) is 4.92. The number of hydrogen-bond acceptors (Lipinski definition) is 4. The highest BCUT2D eigenvalue weighted by Gasteiger charge is 2.19. The molecule has 1 N–H and O–H groups in total. The maximum atomic E-state index is 5.48. The average molecular weight is 267 g/mol. The Morgan fingerprint density at radius 1 is 0.947 bits per heavy atom. The molecule has 0 aliphatic rings. The molecule has 1 atom stereocenters. The van der Waals surface area contributed by atoms with Crippen LogP contribution in [0.1, 0.15) is 31.9 Å². The predicted octanol–water partition coefficient (Wildman–Crippen LogP) is 3.02. The van der Waals surface area contributed by atoms with Crippen LogP contribution in [0.2, 0.25) is 0 Å². The van der Waals surface area contributed by atoms with Crippen LogP contribution in [-0.4, -0.2) is 28.4 Å². The van der Waals surface area contributed by atoms with E-state index in [2.05, 4.69) is 19.2 Å². The summed E-state index contributed by atoms with van der Waals surface area (Å²) in [5.41, 5.74) is 1.09. The Balaban J connectivity index is 3.23. The fourth-order valence-electron chi connectivity index (χ4n) is 2.20. The van der Waals surface area contributed by atoms with Gasteiger partial charge in [-0.15, -0.1) is 0 Å². The van der Waals surface area contributed by atoms with Gasteiger partial charge in [-0.3, -0.25) is 0 Å². The first-order valence-electron chi connectivity index (χ1n) is 6.54. The van der Waals surface area contributed by atoms with Crippen molar-refractivity contribution >= 4 is 0 Å². The minimum Gasteiger partial charge on any atom is -0.496 e. The lowest BCUT2D eigenvalue weighted by Crippen LogP contribution is -2.19. The highest BCUT2D eigenvalue weighted by molar-refractivity contribution is 5.51. The maximum Gasteiger partial charge on any atom is 0.164 e. The molecule has 0 bridgehead atoms. The van der Waals surface area contributed by atoms with Gasteiger partial charge in [-0.2, -0.15) is 0 Å². The quantitative estimate of drug-likeness (QED) is 0.824. The Bertz CT molecular complexity index is 405. The standard InChI is InChI=1S/C15H25NO3/c1-10(2)7-12(16-3)11-8-14(18-5)15(19-6)9-13(11)17-4/h8-10,12,16H,7H2,1-6H3. The lowest BCUT2D eigenvalue weighted by molar-refractivity contribution is 0.343. The van der Waals surface area contributed by atoms with E-state index in [1.165, 1.54) is 0 Å². The maximum absolute atomic E-state index is 5.48. The van der Waals surface area contributed by atoms with E-state index in [0.717, 1.165) is 23.5 Å². The first kappa shape index (κ1) is 15.6. The zero-order valence-electron chi connectivity index (χ0n) is 12.7. The number of ether oxygens (including phenoxy) is 3. The lowest BCUT2D eigenvalue weighted by atomic mass is 9.96. The molecule has 1 rings (SSSR count). The van der Waals surface area contributed by atoms with Gasteiger partial charge < -0.3 is 19.5 Å². The third-order valence-electron chi connectivity index (χ3n) is 3.17. The van der Waals surface area contributed by atoms with Crippen molar-refractivity contribution in [2.24, 2.45) is 5.92 Å². The van der Waals surface area contributed by atoms with E-state index >= 15 is 0 Å². The zero-order valence-corrected chi connectivity index (χ0v) is 12.7. The summed E-state index contributed by atoms with van der Waals surface area (Å²) in [6, 6.07) is 4.09. The topological polar surface area (TPSA) is 39.7 Å². The summed E-state index contributed by atoms with van der Waals surface area (Å²) in [6.45, 7) is 4.41. The third-order valence-corrected chi connectivity index (χ3v) is 3.17. The minimum atomic E-state index is 0.231. The van der Waals surface area contributed by atoms with Crippen molar-refractivity contribution in [3.63, 3.8) is 0 Å². The fraction of sp³-hybridized carbons (Fsp3) is 0.600. The Morgan fingerprint density at radius 3 is 1.89 bits per heavy atom. The van der Waals surface area contributed by atoms with E-state index in [1.807, 2.05) is 19.2 Å². The van der Waals surface area contributed by atoms with Gasteiger partial charge in [-0.05, 0) is 25.5 Å². The second-order valence-electron chi connectivity index (χ2n) is 4.92. The second kappa shape index (κ2) is 7.24. The van der Waals surface area contributed by atoms with E-state index < -0.39 is 0 Å². The molecule has 0 amide bonds. The van der Waals surface area contributed by atoms with Crippen LogP contribution in [0.5, 0.6) is 17.2 Å². The van der Waals surface area contributed by atoms with Gasteiger partial charge in [0.15, 0.2) is 11.5 Å². The third kappa shape index (κ3) is 3.77. The molecule has 0 saturated carbocycles. The molecule has 0 saturated heterocycles. The molecule has 19 heavy (non-hydrogen) atoms. The lowest BCUT2D eigenvalue weighted by Gasteiger charge is -2.22. The van der Waals surface area contributed by atoms with E-state index in [9.17, 15) is 0 Å². The molecule has 0 aliphatic carbocycles. The molecule has 0 aliphatic heterocycles. The van der Waals surface area contributed by atoms with Gasteiger partial charge >= 0.3 is 0 Å². The van der Waals surface area contributed by atoms with Gasteiger partial charge in [-0.25, -0.2) is 0 Å². The molecule has 0 spiro atoms. The number of nitrogens with one attached hydrogen (secondary N) is 1. The van der Waals surface area contributed by atoms with Gasteiger partial charge in [0.05, 0.1) is 21.3 Å². The molecule has 0 heterocycles. The Labute approximate surface area is 116 Å². The molecule has 108 valence electrons. The highest BCUT2D eigenvalue weighted by Crippen LogP contribution is 2.38. The normalized spacial score (nSPS) is 12.4. The van der Waals surface area contributed by atoms with Crippen LogP contribution in [0.3, 0.4) is 0 Å². The Hall–Kier alpha value is -1.42. The highest BCUT2D eigenvalue weighted by atomic mass is 16.5. The summed E-state index contributed by atoms with van der Waals surface area (Å²) in [4.78, 5) is 0. The van der Waals surface area contributed by atoms with Crippen molar-refractivity contribution < 1.29 is 14.2 Å². The largest absolute Gasteiger partial charge is 0.496 e. The molecular formula is C15H25NO3. The van der Waals surface area contributed by atoms with Crippen molar-refractivity contribution in [2.75, 3.05) is 28.4 Å². The van der Waals surface area contributed by atoms with Crippen LogP contribution in [0.4, 0.5) is 0 Å². The van der Waals surface area contributed by atoms with Crippen molar-refractivity contribution in [1.82, 2.24) is 5.32 Å². The molecule has 4 heteroatoms. The number of rotatable bonds is 7. The first-order valence-corrected chi connectivity index (χ1v) is 6.54. The fourth-order valence-corrected chi connectivity index (χ4v) is 2.20. The van der Waals surface area contributed by atoms with E-state index in [4.69, 9.17) is 14.2 Å². The zero-order chi connectivity index (χ0) is 14.4. The smallest absolute Gasteiger partial charge is 0.164 e. The van der Waals surface area contributed by atoms with Gasteiger partial charge in [0.1, 0.15) is 5.75 Å². The Morgan fingerprint density at radius 2 is 1.47 bits per heavy atom. The SMILES string of the molecule is CNC(CC(C)C)c1cc(OC)c(OC)cc1OC. The summed E-state index contributed by atoms with van der Waals surface area (Å²) < 4.78 is 16.1. The van der Waals surface area contributed by atoms with Gasteiger partial charge in [0.2, 0.25) is 0 Å². The minimum absolute atomic E-state index is 0.231. The summed E-state index contributed by atoms with van der Waals surface area (Å²) >= 11 is 0. The summed E-state index contributed by atoms with van der Waals surface area (Å²) in [6.07, 6.45) is 1.03. The number of methoxy groups -OCH3 is 3. The van der Waals surface area contributed by atoms with Crippen LogP contribution >= 0.6 is 0 Å². The summed E-state index contributed by atoms with van der Waals surface area (Å²) in [5, 5.41) is 3.34. The Kier molecular flexibility index (Phi) is 5.96. The van der Waals surface area contributed by atoms with Crippen LogP contribution in [0, 0.1) is 5.92 Å². The van der Waals surface area contributed by atoms with E-state index in [0.29, 0.717) is 11.7 Å². The van der Waals surface area contributed by atoms with E-state index in [1.54, 1.807) is 21.3 Å². The first-order chi connectivity index (χ1) is 9.07. The monoisotopic (exact) mass is 267 g/mol. The van der Waals surface area contributed by atoms with Crippen molar-refractivity contribution in [2.45, 2.75) is 26.3 Å². The van der Waals surface area contributed by atoms with Crippen LogP contribution in [-0.2, 0) is 0 Å². The van der Waals surface area contributed by atoms with E-state index in [-0.39, 0.29) is 6.04 Å². The average Bonchev–Trinajstić information content (AvgIpc) is 2.42. The van der Waals surface area contributed by atoms with Gasteiger partial charge in [0, 0.05) is 17.7 Å². The molecule has 1 aromatic rings. The summed E-state index contributed by atoms with van der Waals surface area (Å²) in [5.74, 6) is 2.82. The number of benzene rings is 1. The van der Waals surface area contributed by atoms with Crippen molar-refractivity contribution in [1.29, 1.82) is 0 Å². The van der Waals surface area contributed by atoms with Crippen molar-refractivity contribution in [3.05, 3.63) is 17.7 Å². The van der Waals surface area contributed by atoms with Crippen LogP contribution < -0.4 is 19.5 Å². The molecule has 1 unspecified atom stereocenters.